The number of benzene rings is 3. The summed E-state index contributed by atoms with van der Waals surface area (Å²) in [4.78, 5) is 0. The van der Waals surface area contributed by atoms with Crippen LogP contribution >= 0.6 is 0 Å². The molecule has 1 aromatic heterocycles. The fraction of sp³-hybridized carbons (Fsp3) is 0.0952. The fourth-order valence-corrected chi connectivity index (χ4v) is 2.93. The number of phenolic OH excluding ortho intramolecular Hbond substituents is 2. The summed E-state index contributed by atoms with van der Waals surface area (Å²) >= 11 is 0. The van der Waals surface area contributed by atoms with Gasteiger partial charge >= 0.3 is 0 Å². The molecule has 6 heteroatoms. The van der Waals surface area contributed by atoms with Crippen LogP contribution in [0.3, 0.4) is 0 Å². The van der Waals surface area contributed by atoms with E-state index >= 15 is 0 Å². The molecule has 0 amide bonds. The van der Waals surface area contributed by atoms with Crippen molar-refractivity contribution in [3.05, 3.63) is 77.6 Å². The molecule has 0 aliphatic carbocycles. The van der Waals surface area contributed by atoms with E-state index in [2.05, 4.69) is 27.4 Å². The standard InChI is InChI=1S/C21H16N4O2/c26-20-13-17-9-8-16(7-4-10-25-14-22-23-24-25)11-18(17)21(27)19(20)12-15-5-2-1-3-6-15/h1-3,5-6,8-9,11,13-14,26-27H,10,12H2. The van der Waals surface area contributed by atoms with Gasteiger partial charge in [0.1, 0.15) is 24.4 Å². The molecule has 4 rings (SSSR count). The third-order valence-electron chi connectivity index (χ3n) is 4.28. The topological polar surface area (TPSA) is 84.1 Å². The van der Waals surface area contributed by atoms with Gasteiger partial charge in [-0.1, -0.05) is 48.2 Å². The predicted octanol–water partition coefficient (Wildman–Crippen LogP) is 2.88. The Balaban J connectivity index is 1.68. The quantitative estimate of drug-likeness (QED) is 0.552. The summed E-state index contributed by atoms with van der Waals surface area (Å²) < 4.78 is 1.53. The minimum atomic E-state index is 0.0815. The molecular formula is C21H16N4O2. The first-order valence-electron chi connectivity index (χ1n) is 8.42. The Morgan fingerprint density at radius 3 is 2.63 bits per heavy atom. The smallest absolute Gasteiger partial charge is 0.139 e. The Kier molecular flexibility index (Phi) is 4.42. The van der Waals surface area contributed by atoms with Crippen LogP contribution in [-0.4, -0.2) is 30.4 Å². The first-order chi connectivity index (χ1) is 13.2. The summed E-state index contributed by atoms with van der Waals surface area (Å²) in [5.74, 6) is 6.21. The van der Waals surface area contributed by atoms with E-state index in [-0.39, 0.29) is 11.5 Å². The second-order valence-electron chi connectivity index (χ2n) is 6.13. The third kappa shape index (κ3) is 3.58. The molecule has 0 spiro atoms. The molecule has 6 nitrogen and oxygen atoms in total. The van der Waals surface area contributed by atoms with Crippen molar-refractivity contribution >= 4 is 10.8 Å². The fourth-order valence-electron chi connectivity index (χ4n) is 2.93. The molecule has 0 atom stereocenters. The lowest BCUT2D eigenvalue weighted by Crippen LogP contribution is -1.96. The second-order valence-corrected chi connectivity index (χ2v) is 6.13. The van der Waals surface area contributed by atoms with E-state index in [1.807, 2.05) is 48.5 Å². The van der Waals surface area contributed by atoms with Crippen LogP contribution in [0.1, 0.15) is 16.7 Å². The lowest BCUT2D eigenvalue weighted by atomic mass is 9.97. The predicted molar refractivity (Wildman–Crippen MR) is 101 cm³/mol. The zero-order valence-electron chi connectivity index (χ0n) is 14.4. The number of rotatable bonds is 3. The number of phenols is 2. The summed E-state index contributed by atoms with van der Waals surface area (Å²) in [7, 11) is 0. The highest BCUT2D eigenvalue weighted by atomic mass is 16.3. The highest BCUT2D eigenvalue weighted by Gasteiger charge is 2.13. The molecule has 132 valence electrons. The number of hydrogen-bond donors (Lipinski definition) is 2. The van der Waals surface area contributed by atoms with Gasteiger partial charge in [-0.05, 0) is 39.6 Å². The van der Waals surface area contributed by atoms with Gasteiger partial charge in [-0.3, -0.25) is 0 Å². The minimum absolute atomic E-state index is 0.0815. The van der Waals surface area contributed by atoms with Crippen LogP contribution < -0.4 is 0 Å². The SMILES string of the molecule is Oc1cc2ccc(C#CCn3cnnn3)cc2c(O)c1Cc1ccccc1. The Morgan fingerprint density at radius 2 is 1.85 bits per heavy atom. The molecule has 2 N–H and O–H groups in total. The molecule has 1 heterocycles. The number of aromatic hydroxyl groups is 2. The van der Waals surface area contributed by atoms with Crippen molar-refractivity contribution in [2.24, 2.45) is 0 Å². The second kappa shape index (κ2) is 7.18. The van der Waals surface area contributed by atoms with Crippen molar-refractivity contribution in [3.8, 4) is 23.3 Å². The average Bonchev–Trinajstić information content (AvgIpc) is 3.20. The molecule has 0 unspecified atom stereocenters. The van der Waals surface area contributed by atoms with Crippen molar-refractivity contribution in [1.82, 2.24) is 20.2 Å². The van der Waals surface area contributed by atoms with E-state index in [9.17, 15) is 10.2 Å². The molecule has 3 aromatic carbocycles. The van der Waals surface area contributed by atoms with Crippen LogP contribution in [-0.2, 0) is 13.0 Å². The zero-order chi connectivity index (χ0) is 18.6. The molecule has 0 fully saturated rings. The summed E-state index contributed by atoms with van der Waals surface area (Å²) in [5.41, 5.74) is 2.29. The van der Waals surface area contributed by atoms with E-state index in [1.54, 1.807) is 6.07 Å². The summed E-state index contributed by atoms with van der Waals surface area (Å²) in [6, 6.07) is 16.9. The lowest BCUT2D eigenvalue weighted by molar-refractivity contribution is 0.445. The van der Waals surface area contributed by atoms with Crippen LogP contribution in [0.15, 0.2) is 60.9 Å². The van der Waals surface area contributed by atoms with Gasteiger partial charge in [0.2, 0.25) is 0 Å². The highest BCUT2D eigenvalue weighted by molar-refractivity contribution is 5.92. The highest BCUT2D eigenvalue weighted by Crippen LogP contribution is 2.37. The van der Waals surface area contributed by atoms with Crippen LogP contribution in [0.4, 0.5) is 0 Å². The number of fused-ring (bicyclic) bond motifs is 1. The third-order valence-corrected chi connectivity index (χ3v) is 4.28. The molecular weight excluding hydrogens is 340 g/mol. The van der Waals surface area contributed by atoms with E-state index < -0.39 is 0 Å². The van der Waals surface area contributed by atoms with E-state index in [0.29, 0.717) is 23.9 Å². The average molecular weight is 356 g/mol. The lowest BCUT2D eigenvalue weighted by Gasteiger charge is -2.11. The molecule has 0 radical (unpaired) electrons. The molecule has 0 saturated carbocycles. The van der Waals surface area contributed by atoms with Gasteiger partial charge in [0.05, 0.1) is 0 Å². The molecule has 0 saturated heterocycles. The van der Waals surface area contributed by atoms with E-state index in [0.717, 1.165) is 16.5 Å². The van der Waals surface area contributed by atoms with Gasteiger partial charge in [-0.15, -0.1) is 5.10 Å². The first-order valence-corrected chi connectivity index (χ1v) is 8.42. The van der Waals surface area contributed by atoms with Crippen LogP contribution in [0.25, 0.3) is 10.8 Å². The van der Waals surface area contributed by atoms with Crippen LogP contribution in [0, 0.1) is 11.8 Å². The molecule has 0 aliphatic heterocycles. The maximum Gasteiger partial charge on any atom is 0.139 e. The van der Waals surface area contributed by atoms with Crippen molar-refractivity contribution in [2.45, 2.75) is 13.0 Å². The van der Waals surface area contributed by atoms with Crippen molar-refractivity contribution in [2.75, 3.05) is 0 Å². The van der Waals surface area contributed by atoms with Gasteiger partial charge in [0.25, 0.3) is 0 Å². The summed E-state index contributed by atoms with van der Waals surface area (Å²) in [6.07, 6.45) is 1.95. The maximum atomic E-state index is 10.8. The number of tetrazole rings is 1. The summed E-state index contributed by atoms with van der Waals surface area (Å²) in [6.45, 7) is 0.381. The largest absolute Gasteiger partial charge is 0.507 e. The minimum Gasteiger partial charge on any atom is -0.507 e. The summed E-state index contributed by atoms with van der Waals surface area (Å²) in [5, 5.41) is 33.4. The van der Waals surface area contributed by atoms with Gasteiger partial charge in [0.15, 0.2) is 0 Å². The molecule has 0 aliphatic rings. The molecule has 27 heavy (non-hydrogen) atoms. The Hall–Kier alpha value is -3.85. The van der Waals surface area contributed by atoms with Gasteiger partial charge in [-0.2, -0.15) is 0 Å². The Morgan fingerprint density at radius 1 is 1.00 bits per heavy atom. The monoisotopic (exact) mass is 356 g/mol. The van der Waals surface area contributed by atoms with Gasteiger partial charge in [-0.25, -0.2) is 4.68 Å². The van der Waals surface area contributed by atoms with E-state index in [1.165, 1.54) is 11.0 Å². The Labute approximate surface area is 155 Å². The number of hydrogen-bond acceptors (Lipinski definition) is 5. The van der Waals surface area contributed by atoms with Gasteiger partial charge in [0, 0.05) is 22.9 Å². The number of aromatic nitrogens is 4. The van der Waals surface area contributed by atoms with Gasteiger partial charge < -0.3 is 10.2 Å². The normalized spacial score (nSPS) is 10.5. The van der Waals surface area contributed by atoms with Crippen molar-refractivity contribution in [1.29, 1.82) is 0 Å². The van der Waals surface area contributed by atoms with Crippen LogP contribution in [0.2, 0.25) is 0 Å². The van der Waals surface area contributed by atoms with Crippen molar-refractivity contribution in [3.63, 3.8) is 0 Å². The Bertz CT molecular complexity index is 1140. The first kappa shape index (κ1) is 16.6. The maximum absolute atomic E-state index is 10.8. The zero-order valence-corrected chi connectivity index (χ0v) is 14.4. The molecule has 4 aromatic rings. The number of nitrogens with zero attached hydrogens (tertiary/aromatic N) is 4. The van der Waals surface area contributed by atoms with Crippen LogP contribution in [0.5, 0.6) is 11.5 Å². The molecule has 0 bridgehead atoms. The van der Waals surface area contributed by atoms with Crippen molar-refractivity contribution < 1.29 is 10.2 Å². The van der Waals surface area contributed by atoms with E-state index in [4.69, 9.17) is 0 Å².